The van der Waals surface area contributed by atoms with Gasteiger partial charge in [0.15, 0.2) is 11.5 Å². The van der Waals surface area contributed by atoms with Crippen LogP contribution in [0.15, 0.2) is 36.5 Å². The highest BCUT2D eigenvalue weighted by Gasteiger charge is 2.35. The van der Waals surface area contributed by atoms with E-state index in [4.69, 9.17) is 22.1 Å². The minimum Gasteiger partial charge on any atom is -0.475 e. The van der Waals surface area contributed by atoms with Crippen molar-refractivity contribution in [3.05, 3.63) is 53.1 Å². The summed E-state index contributed by atoms with van der Waals surface area (Å²) in [5, 5.41) is 6.75. The summed E-state index contributed by atoms with van der Waals surface area (Å²) in [6, 6.07) is 7.67. The number of benzene rings is 1. The van der Waals surface area contributed by atoms with Gasteiger partial charge in [0.25, 0.3) is 0 Å². The lowest BCUT2D eigenvalue weighted by Crippen LogP contribution is -2.10. The van der Waals surface area contributed by atoms with Crippen molar-refractivity contribution in [2.45, 2.75) is 32.7 Å². The van der Waals surface area contributed by atoms with E-state index in [1.54, 1.807) is 38.1 Å². The van der Waals surface area contributed by atoms with Gasteiger partial charge < -0.3 is 15.8 Å². The third kappa shape index (κ3) is 5.08. The maximum atomic E-state index is 13.1. The summed E-state index contributed by atoms with van der Waals surface area (Å²) in [4.78, 5) is 7.77. The molecule has 0 atom stereocenters. The number of halogens is 4. The van der Waals surface area contributed by atoms with E-state index in [1.165, 1.54) is 6.20 Å². The highest BCUT2D eigenvalue weighted by molar-refractivity contribution is 6.28. The van der Waals surface area contributed by atoms with Gasteiger partial charge in [-0.3, -0.25) is 0 Å². The largest absolute Gasteiger partial charge is 0.475 e. The molecule has 3 rings (SSSR count). The van der Waals surface area contributed by atoms with Crippen molar-refractivity contribution in [2.24, 2.45) is 0 Å². The summed E-state index contributed by atoms with van der Waals surface area (Å²) in [6.07, 6.45) is -3.48. The van der Waals surface area contributed by atoms with E-state index in [0.29, 0.717) is 23.7 Å². The van der Waals surface area contributed by atoms with Crippen molar-refractivity contribution < 1.29 is 17.9 Å². The fourth-order valence-electron chi connectivity index (χ4n) is 2.46. The molecule has 0 saturated heterocycles. The molecule has 0 aliphatic carbocycles. The molecular formula is C18H18ClF3N6O. The third-order valence-corrected chi connectivity index (χ3v) is 3.93. The number of aromatic nitrogens is 4. The number of alkyl halides is 3. The van der Waals surface area contributed by atoms with Gasteiger partial charge in [-0.25, -0.2) is 9.67 Å². The van der Waals surface area contributed by atoms with Crippen LogP contribution in [0.25, 0.3) is 5.69 Å². The number of nitrogens with one attached hydrogen (secondary N) is 1. The predicted octanol–water partition coefficient (Wildman–Crippen LogP) is 4.32. The van der Waals surface area contributed by atoms with Crippen LogP contribution in [0.2, 0.25) is 5.28 Å². The van der Waals surface area contributed by atoms with Crippen LogP contribution in [0.5, 0.6) is 5.88 Å². The van der Waals surface area contributed by atoms with Crippen LogP contribution in [0.4, 0.5) is 24.7 Å². The van der Waals surface area contributed by atoms with E-state index in [0.717, 1.165) is 16.3 Å². The fraction of sp³-hybridized carbons (Fsp3) is 0.278. The van der Waals surface area contributed by atoms with Gasteiger partial charge in [-0.15, -0.1) is 0 Å². The van der Waals surface area contributed by atoms with Crippen molar-refractivity contribution in [3.8, 4) is 11.6 Å². The van der Waals surface area contributed by atoms with Crippen molar-refractivity contribution in [1.29, 1.82) is 0 Å². The molecule has 0 fully saturated rings. The first-order valence-electron chi connectivity index (χ1n) is 8.58. The van der Waals surface area contributed by atoms with Gasteiger partial charge in [-0.2, -0.15) is 23.3 Å². The average Bonchev–Trinajstić information content (AvgIpc) is 3.06. The molecule has 1 aromatic carbocycles. The van der Waals surface area contributed by atoms with Crippen LogP contribution < -0.4 is 15.8 Å². The van der Waals surface area contributed by atoms with E-state index in [9.17, 15) is 13.2 Å². The van der Waals surface area contributed by atoms with E-state index >= 15 is 0 Å². The van der Waals surface area contributed by atoms with E-state index in [2.05, 4.69) is 20.4 Å². The van der Waals surface area contributed by atoms with Gasteiger partial charge in [0.05, 0.1) is 23.7 Å². The van der Waals surface area contributed by atoms with Crippen molar-refractivity contribution in [1.82, 2.24) is 19.7 Å². The van der Waals surface area contributed by atoms with Crippen LogP contribution in [-0.4, -0.2) is 25.9 Å². The van der Waals surface area contributed by atoms with Crippen LogP contribution in [0, 0.1) is 0 Å². The molecule has 11 heteroatoms. The molecule has 3 aromatic rings. The first-order valence-corrected chi connectivity index (χ1v) is 8.96. The highest BCUT2D eigenvalue weighted by atomic mass is 35.5. The van der Waals surface area contributed by atoms with Gasteiger partial charge in [0, 0.05) is 12.6 Å². The molecule has 0 aliphatic rings. The minimum absolute atomic E-state index is 0.0154. The van der Waals surface area contributed by atoms with Crippen molar-refractivity contribution in [3.63, 3.8) is 0 Å². The quantitative estimate of drug-likeness (QED) is 0.570. The van der Waals surface area contributed by atoms with Crippen LogP contribution in [0.3, 0.4) is 0 Å². The number of rotatable bonds is 6. The molecule has 0 spiro atoms. The second-order valence-corrected chi connectivity index (χ2v) is 6.75. The molecule has 0 radical (unpaired) electrons. The lowest BCUT2D eigenvalue weighted by atomic mass is 10.2. The molecule has 0 saturated carbocycles. The standard InChI is InChI=1S/C18H18ClF3N6O/c1-10(2)29-15-7-14(18(20,21)22)27-28(15)12-5-3-11(4-6-12)8-24-16-13(23)9-25-17(19)26-16/h3-7,9-10H,8,23H2,1-2H3,(H,24,25,26). The van der Waals surface area contributed by atoms with E-state index < -0.39 is 11.9 Å². The second kappa shape index (κ2) is 8.16. The lowest BCUT2D eigenvalue weighted by molar-refractivity contribution is -0.141. The Morgan fingerprint density at radius 3 is 2.55 bits per heavy atom. The molecule has 3 N–H and O–H groups in total. The Hall–Kier alpha value is -3.01. The molecule has 0 aliphatic heterocycles. The normalized spacial score (nSPS) is 11.7. The molecule has 0 unspecified atom stereocenters. The Balaban J connectivity index is 1.80. The topological polar surface area (TPSA) is 90.9 Å². The minimum atomic E-state index is -4.57. The first-order chi connectivity index (χ1) is 13.6. The predicted molar refractivity (Wildman–Crippen MR) is 103 cm³/mol. The molecule has 2 heterocycles. The summed E-state index contributed by atoms with van der Waals surface area (Å²) in [7, 11) is 0. The van der Waals surface area contributed by atoms with Crippen molar-refractivity contribution >= 4 is 23.1 Å². The number of nitrogen functional groups attached to an aromatic ring is 1. The van der Waals surface area contributed by atoms with Crippen molar-refractivity contribution in [2.75, 3.05) is 11.1 Å². The lowest BCUT2D eigenvalue weighted by Gasteiger charge is -2.12. The Bertz CT molecular complexity index is 988. The Labute approximate surface area is 169 Å². The number of anilines is 2. The van der Waals surface area contributed by atoms with Crippen LogP contribution in [0.1, 0.15) is 25.1 Å². The number of hydrogen-bond acceptors (Lipinski definition) is 6. The average molecular weight is 427 g/mol. The summed E-state index contributed by atoms with van der Waals surface area (Å²) in [5.74, 6) is 0.408. The monoisotopic (exact) mass is 426 g/mol. The SMILES string of the molecule is CC(C)Oc1cc(C(F)(F)F)nn1-c1ccc(CNc2nc(Cl)ncc2N)cc1. The Morgan fingerprint density at radius 1 is 1.24 bits per heavy atom. The molecule has 7 nitrogen and oxygen atoms in total. The summed E-state index contributed by atoms with van der Waals surface area (Å²) >= 11 is 5.75. The van der Waals surface area contributed by atoms with Gasteiger partial charge in [-0.1, -0.05) is 12.1 Å². The Morgan fingerprint density at radius 2 is 1.93 bits per heavy atom. The molecule has 2 aromatic heterocycles. The van der Waals surface area contributed by atoms with Gasteiger partial charge in [0.1, 0.15) is 0 Å². The summed E-state index contributed by atoms with van der Waals surface area (Å²) in [5.41, 5.74) is 6.39. The molecule has 29 heavy (non-hydrogen) atoms. The zero-order valence-electron chi connectivity index (χ0n) is 15.5. The smallest absolute Gasteiger partial charge is 0.435 e. The molecule has 0 amide bonds. The second-order valence-electron chi connectivity index (χ2n) is 6.41. The van der Waals surface area contributed by atoms with Gasteiger partial charge in [-0.05, 0) is 43.1 Å². The van der Waals surface area contributed by atoms with E-state index in [-0.39, 0.29) is 17.3 Å². The highest BCUT2D eigenvalue weighted by Crippen LogP contribution is 2.32. The van der Waals surface area contributed by atoms with Gasteiger partial charge in [0.2, 0.25) is 11.2 Å². The maximum absolute atomic E-state index is 13.1. The molecule has 154 valence electrons. The van der Waals surface area contributed by atoms with Crippen LogP contribution in [-0.2, 0) is 12.7 Å². The maximum Gasteiger partial charge on any atom is 0.435 e. The number of ether oxygens (including phenoxy) is 1. The fourth-order valence-corrected chi connectivity index (χ4v) is 2.60. The number of nitrogens with zero attached hydrogens (tertiary/aromatic N) is 4. The Kier molecular flexibility index (Phi) is 5.83. The zero-order chi connectivity index (χ0) is 21.2. The molecule has 0 bridgehead atoms. The number of hydrogen-bond donors (Lipinski definition) is 2. The van der Waals surface area contributed by atoms with Crippen LogP contribution >= 0.6 is 11.6 Å². The van der Waals surface area contributed by atoms with Gasteiger partial charge >= 0.3 is 6.18 Å². The zero-order valence-corrected chi connectivity index (χ0v) is 16.3. The summed E-state index contributed by atoms with van der Waals surface area (Å²) in [6.45, 7) is 3.83. The third-order valence-electron chi connectivity index (χ3n) is 3.75. The summed E-state index contributed by atoms with van der Waals surface area (Å²) < 4.78 is 45.8. The van der Waals surface area contributed by atoms with E-state index in [1.807, 2.05) is 0 Å². The molecular weight excluding hydrogens is 409 g/mol. The first kappa shape index (κ1) is 20.7. The number of nitrogens with two attached hydrogens (primary N) is 1.